The fourth-order valence-corrected chi connectivity index (χ4v) is 3.00. The molecule has 0 saturated heterocycles. The molecule has 0 heterocycles. The van der Waals surface area contributed by atoms with Crippen molar-refractivity contribution >= 4 is 27.7 Å². The third-order valence-electron chi connectivity index (χ3n) is 3.96. The molecule has 0 aromatic heterocycles. The van der Waals surface area contributed by atoms with Gasteiger partial charge in [0.2, 0.25) is 11.8 Å². The van der Waals surface area contributed by atoms with Crippen molar-refractivity contribution in [3.8, 4) is 0 Å². The van der Waals surface area contributed by atoms with Crippen LogP contribution in [0.1, 0.15) is 45.6 Å². The first-order chi connectivity index (χ1) is 10.2. The second-order valence-electron chi connectivity index (χ2n) is 6.92. The van der Waals surface area contributed by atoms with Crippen molar-refractivity contribution in [3.63, 3.8) is 0 Å². The van der Waals surface area contributed by atoms with Crippen LogP contribution in [0.5, 0.6) is 0 Å². The number of carbonyl (C=O) groups excluding carboxylic acids is 2. The first-order valence-corrected chi connectivity index (χ1v) is 8.38. The van der Waals surface area contributed by atoms with Gasteiger partial charge in [-0.05, 0) is 51.3 Å². The van der Waals surface area contributed by atoms with Gasteiger partial charge in [0, 0.05) is 10.0 Å². The molecule has 1 aliphatic rings. The second kappa shape index (κ2) is 6.41. The first-order valence-electron chi connectivity index (χ1n) is 7.58. The lowest BCUT2D eigenvalue weighted by Gasteiger charge is -2.40. The largest absolute Gasteiger partial charge is 0.350 e. The molecular formula is C17H23BrN2O2. The van der Waals surface area contributed by atoms with Gasteiger partial charge >= 0.3 is 0 Å². The molecule has 2 rings (SSSR count). The van der Waals surface area contributed by atoms with Crippen LogP contribution in [0.3, 0.4) is 0 Å². The molecule has 1 aliphatic carbocycles. The van der Waals surface area contributed by atoms with Gasteiger partial charge in [0.05, 0.1) is 12.0 Å². The molecule has 0 bridgehead atoms. The van der Waals surface area contributed by atoms with E-state index in [1.54, 1.807) is 0 Å². The topological polar surface area (TPSA) is 58.2 Å². The molecule has 1 aromatic rings. The third-order valence-corrected chi connectivity index (χ3v) is 4.49. The van der Waals surface area contributed by atoms with Crippen molar-refractivity contribution < 1.29 is 9.59 Å². The summed E-state index contributed by atoms with van der Waals surface area (Å²) in [7, 11) is 0. The van der Waals surface area contributed by atoms with Gasteiger partial charge in [0.1, 0.15) is 0 Å². The van der Waals surface area contributed by atoms with E-state index in [0.717, 1.165) is 29.3 Å². The van der Waals surface area contributed by atoms with E-state index in [4.69, 9.17) is 0 Å². The zero-order valence-corrected chi connectivity index (χ0v) is 14.9. The minimum Gasteiger partial charge on any atom is -0.350 e. The Balaban J connectivity index is 2.01. The molecule has 2 N–H and O–H groups in total. The number of rotatable bonds is 4. The normalized spacial score (nSPS) is 16.5. The van der Waals surface area contributed by atoms with E-state index >= 15 is 0 Å². The number of amides is 2. The number of hydrogen-bond donors (Lipinski definition) is 2. The molecule has 0 atom stereocenters. The van der Waals surface area contributed by atoms with Crippen molar-refractivity contribution in [2.45, 2.75) is 51.0 Å². The zero-order chi connectivity index (χ0) is 16.4. The average Bonchev–Trinajstić information content (AvgIpc) is 2.35. The molecule has 2 amide bonds. The highest BCUT2D eigenvalue weighted by atomic mass is 79.9. The molecular weight excluding hydrogens is 344 g/mol. The minimum absolute atomic E-state index is 0.0222. The highest BCUT2D eigenvalue weighted by Gasteiger charge is 2.45. The van der Waals surface area contributed by atoms with Gasteiger partial charge in [0.15, 0.2) is 0 Å². The summed E-state index contributed by atoms with van der Waals surface area (Å²) in [5, 5.41) is 5.65. The maximum Gasteiger partial charge on any atom is 0.239 e. The summed E-state index contributed by atoms with van der Waals surface area (Å²) < 4.78 is 0.996. The van der Waals surface area contributed by atoms with E-state index in [1.807, 2.05) is 45.0 Å². The van der Waals surface area contributed by atoms with Crippen molar-refractivity contribution in [1.82, 2.24) is 10.6 Å². The molecule has 1 saturated carbocycles. The summed E-state index contributed by atoms with van der Waals surface area (Å²) >= 11 is 3.41. The number of hydrogen-bond acceptors (Lipinski definition) is 2. The van der Waals surface area contributed by atoms with Crippen molar-refractivity contribution in [3.05, 3.63) is 34.3 Å². The molecule has 5 heteroatoms. The summed E-state index contributed by atoms with van der Waals surface area (Å²) in [6.07, 6.45) is 2.71. The van der Waals surface area contributed by atoms with Crippen molar-refractivity contribution in [2.75, 3.05) is 6.54 Å². The van der Waals surface area contributed by atoms with E-state index in [1.165, 1.54) is 0 Å². The monoisotopic (exact) mass is 366 g/mol. The first kappa shape index (κ1) is 17.0. The van der Waals surface area contributed by atoms with Crippen LogP contribution >= 0.6 is 15.9 Å². The lowest BCUT2D eigenvalue weighted by atomic mass is 9.64. The van der Waals surface area contributed by atoms with E-state index in [-0.39, 0.29) is 23.9 Å². The van der Waals surface area contributed by atoms with Gasteiger partial charge in [0.25, 0.3) is 0 Å². The summed E-state index contributed by atoms with van der Waals surface area (Å²) in [5.41, 5.74) is 0.264. The van der Waals surface area contributed by atoms with Crippen LogP contribution in [-0.2, 0) is 15.0 Å². The second-order valence-corrected chi connectivity index (χ2v) is 7.84. The summed E-state index contributed by atoms with van der Waals surface area (Å²) in [4.78, 5) is 24.4. The lowest BCUT2D eigenvalue weighted by molar-refractivity contribution is -0.132. The van der Waals surface area contributed by atoms with E-state index in [9.17, 15) is 9.59 Å². The molecule has 0 aliphatic heterocycles. The predicted molar refractivity (Wildman–Crippen MR) is 90.6 cm³/mol. The SMILES string of the molecule is CC(C)(C)NC(=O)CNC(=O)C1(c2ccc(Br)cc2)CCC1. The Morgan fingerprint density at radius 1 is 1.18 bits per heavy atom. The molecule has 0 unspecified atom stereocenters. The van der Waals surface area contributed by atoms with Crippen LogP contribution in [-0.4, -0.2) is 23.9 Å². The Morgan fingerprint density at radius 2 is 1.77 bits per heavy atom. The minimum atomic E-state index is -0.470. The summed E-state index contributed by atoms with van der Waals surface area (Å²) in [6.45, 7) is 5.78. The standard InChI is InChI=1S/C17H23BrN2O2/c1-16(2,3)20-14(21)11-19-15(22)17(9-4-10-17)12-5-7-13(18)8-6-12/h5-8H,4,9-11H2,1-3H3,(H,19,22)(H,20,21). The lowest BCUT2D eigenvalue weighted by Crippen LogP contribution is -2.52. The van der Waals surface area contributed by atoms with Crippen LogP contribution in [0.25, 0.3) is 0 Å². The van der Waals surface area contributed by atoms with Gasteiger partial charge in [-0.15, -0.1) is 0 Å². The smallest absolute Gasteiger partial charge is 0.239 e. The maximum absolute atomic E-state index is 12.6. The van der Waals surface area contributed by atoms with Gasteiger partial charge in [-0.25, -0.2) is 0 Å². The Labute approximate surface area is 140 Å². The average molecular weight is 367 g/mol. The van der Waals surface area contributed by atoms with Crippen LogP contribution in [0.15, 0.2) is 28.7 Å². The van der Waals surface area contributed by atoms with Crippen molar-refractivity contribution in [1.29, 1.82) is 0 Å². The molecule has 22 heavy (non-hydrogen) atoms. The Kier molecular flexibility index (Phi) is 4.95. The number of benzene rings is 1. The Morgan fingerprint density at radius 3 is 2.23 bits per heavy atom. The summed E-state index contributed by atoms with van der Waals surface area (Å²) in [6, 6.07) is 7.88. The highest BCUT2D eigenvalue weighted by molar-refractivity contribution is 9.10. The van der Waals surface area contributed by atoms with E-state index in [0.29, 0.717) is 0 Å². The van der Waals surface area contributed by atoms with Crippen LogP contribution in [0.4, 0.5) is 0 Å². The van der Waals surface area contributed by atoms with Crippen LogP contribution < -0.4 is 10.6 Å². The zero-order valence-electron chi connectivity index (χ0n) is 13.3. The predicted octanol–water partition coefficient (Wildman–Crippen LogP) is 2.90. The summed E-state index contributed by atoms with van der Waals surface area (Å²) in [5.74, 6) is -0.212. The van der Waals surface area contributed by atoms with Gasteiger partial charge in [-0.2, -0.15) is 0 Å². The maximum atomic E-state index is 12.6. The molecule has 120 valence electrons. The molecule has 1 aromatic carbocycles. The van der Waals surface area contributed by atoms with Gasteiger partial charge < -0.3 is 10.6 Å². The quantitative estimate of drug-likeness (QED) is 0.860. The third kappa shape index (κ3) is 3.88. The van der Waals surface area contributed by atoms with Gasteiger partial charge in [-0.3, -0.25) is 9.59 Å². The molecule has 4 nitrogen and oxygen atoms in total. The highest BCUT2D eigenvalue weighted by Crippen LogP contribution is 2.44. The molecule has 0 radical (unpaired) electrons. The Hall–Kier alpha value is -1.36. The molecule has 0 spiro atoms. The van der Waals surface area contributed by atoms with Crippen LogP contribution in [0, 0.1) is 0 Å². The van der Waals surface area contributed by atoms with Crippen molar-refractivity contribution in [2.24, 2.45) is 0 Å². The fraction of sp³-hybridized carbons (Fsp3) is 0.529. The number of carbonyl (C=O) groups is 2. The van der Waals surface area contributed by atoms with E-state index < -0.39 is 5.41 Å². The molecule has 1 fully saturated rings. The van der Waals surface area contributed by atoms with E-state index in [2.05, 4.69) is 26.6 Å². The fourth-order valence-electron chi connectivity index (χ4n) is 2.74. The van der Waals surface area contributed by atoms with Gasteiger partial charge in [-0.1, -0.05) is 34.5 Å². The number of halogens is 1. The Bertz CT molecular complexity index is 557. The number of nitrogens with one attached hydrogen (secondary N) is 2. The van der Waals surface area contributed by atoms with Crippen LogP contribution in [0.2, 0.25) is 0 Å².